The molecule has 1 N–H and O–H groups in total. The number of anilines is 1. The van der Waals surface area contributed by atoms with E-state index in [9.17, 15) is 9.59 Å². The standard InChI is InChI=1S/C20H12Cl2N4O2S/c21-13-3-1-4-14(9-13)26-10-12(6-7-17(26)27)19(28)25-20-24-16(11-29-20)18-15(22)5-2-8-23-18/h1-11H,(H,24,25,28). The number of halogens is 2. The molecule has 0 aliphatic rings. The number of benzene rings is 1. The molecule has 3 aromatic heterocycles. The van der Waals surface area contributed by atoms with E-state index in [0.29, 0.717) is 37.8 Å². The molecule has 0 atom stereocenters. The number of carbonyl (C=O) groups is 1. The fraction of sp³-hybridized carbons (Fsp3) is 0. The maximum absolute atomic E-state index is 12.7. The third-order valence-electron chi connectivity index (χ3n) is 3.99. The molecule has 0 aliphatic heterocycles. The van der Waals surface area contributed by atoms with Crippen LogP contribution in [0.15, 0.2) is 71.1 Å². The van der Waals surface area contributed by atoms with Crippen LogP contribution in [0.3, 0.4) is 0 Å². The molecule has 0 saturated heterocycles. The summed E-state index contributed by atoms with van der Waals surface area (Å²) in [6.45, 7) is 0. The number of nitrogens with one attached hydrogen (secondary N) is 1. The SMILES string of the molecule is O=C(Nc1nc(-c2ncccc2Cl)cs1)c1ccc(=O)n(-c2cccc(Cl)c2)c1. The van der Waals surface area contributed by atoms with Crippen LogP contribution in [0.5, 0.6) is 0 Å². The van der Waals surface area contributed by atoms with E-state index in [2.05, 4.69) is 15.3 Å². The quantitative estimate of drug-likeness (QED) is 0.486. The highest BCUT2D eigenvalue weighted by Gasteiger charge is 2.14. The average Bonchev–Trinajstić information content (AvgIpc) is 3.16. The van der Waals surface area contributed by atoms with Crippen LogP contribution in [0.1, 0.15) is 10.4 Å². The summed E-state index contributed by atoms with van der Waals surface area (Å²) in [6.07, 6.45) is 3.09. The van der Waals surface area contributed by atoms with Gasteiger partial charge < -0.3 is 0 Å². The number of rotatable bonds is 4. The van der Waals surface area contributed by atoms with Crippen LogP contribution in [0, 0.1) is 0 Å². The van der Waals surface area contributed by atoms with Gasteiger partial charge in [0.25, 0.3) is 11.5 Å². The summed E-state index contributed by atoms with van der Waals surface area (Å²) in [5.74, 6) is -0.395. The van der Waals surface area contributed by atoms with E-state index in [1.54, 1.807) is 48.0 Å². The lowest BCUT2D eigenvalue weighted by Gasteiger charge is -2.08. The first kappa shape index (κ1) is 19.3. The van der Waals surface area contributed by atoms with E-state index in [1.165, 1.54) is 34.2 Å². The lowest BCUT2D eigenvalue weighted by Crippen LogP contribution is -2.20. The molecule has 1 aromatic carbocycles. The van der Waals surface area contributed by atoms with Crippen LogP contribution in [0.25, 0.3) is 17.1 Å². The Balaban J connectivity index is 1.59. The van der Waals surface area contributed by atoms with Crippen molar-refractivity contribution in [3.63, 3.8) is 0 Å². The van der Waals surface area contributed by atoms with Crippen LogP contribution < -0.4 is 10.9 Å². The van der Waals surface area contributed by atoms with E-state index < -0.39 is 5.91 Å². The number of aromatic nitrogens is 3. The molecule has 0 aliphatic carbocycles. The van der Waals surface area contributed by atoms with E-state index in [-0.39, 0.29) is 5.56 Å². The van der Waals surface area contributed by atoms with Gasteiger partial charge in [-0.15, -0.1) is 11.3 Å². The molecule has 0 unspecified atom stereocenters. The summed E-state index contributed by atoms with van der Waals surface area (Å²) >= 11 is 13.4. The van der Waals surface area contributed by atoms with Crippen molar-refractivity contribution in [2.75, 3.05) is 5.32 Å². The highest BCUT2D eigenvalue weighted by molar-refractivity contribution is 7.14. The predicted octanol–water partition coefficient (Wildman–Crippen LogP) is 4.92. The molecule has 144 valence electrons. The Morgan fingerprint density at radius 1 is 1.10 bits per heavy atom. The zero-order valence-electron chi connectivity index (χ0n) is 14.7. The maximum Gasteiger partial charge on any atom is 0.258 e. The zero-order chi connectivity index (χ0) is 20.4. The Hall–Kier alpha value is -3.00. The van der Waals surface area contributed by atoms with Crippen LogP contribution >= 0.6 is 34.5 Å². The Kier molecular flexibility index (Phi) is 5.44. The van der Waals surface area contributed by atoms with Gasteiger partial charge in [-0.05, 0) is 36.4 Å². The number of nitrogens with zero attached hydrogens (tertiary/aromatic N) is 3. The monoisotopic (exact) mass is 442 g/mol. The highest BCUT2D eigenvalue weighted by Crippen LogP contribution is 2.28. The van der Waals surface area contributed by atoms with Gasteiger partial charge in [0.15, 0.2) is 5.13 Å². The van der Waals surface area contributed by atoms with Crippen molar-refractivity contribution in [2.24, 2.45) is 0 Å². The molecule has 4 aromatic rings. The Bertz CT molecular complexity index is 1270. The zero-order valence-corrected chi connectivity index (χ0v) is 17.0. The molecule has 0 bridgehead atoms. The van der Waals surface area contributed by atoms with Gasteiger partial charge in [-0.3, -0.25) is 24.5 Å². The van der Waals surface area contributed by atoms with Gasteiger partial charge in [0.05, 0.1) is 16.3 Å². The van der Waals surface area contributed by atoms with Gasteiger partial charge in [-0.2, -0.15) is 0 Å². The van der Waals surface area contributed by atoms with Crippen LogP contribution in [0.2, 0.25) is 10.0 Å². The normalized spacial score (nSPS) is 10.7. The summed E-state index contributed by atoms with van der Waals surface area (Å²) in [6, 6.07) is 13.1. The van der Waals surface area contributed by atoms with Crippen molar-refractivity contribution in [1.29, 1.82) is 0 Å². The summed E-state index contributed by atoms with van der Waals surface area (Å²) in [5.41, 5.74) is 1.71. The van der Waals surface area contributed by atoms with Crippen LogP contribution in [0.4, 0.5) is 5.13 Å². The third-order valence-corrected chi connectivity index (χ3v) is 5.28. The maximum atomic E-state index is 12.7. The minimum atomic E-state index is -0.395. The van der Waals surface area contributed by atoms with Crippen molar-refractivity contribution in [3.05, 3.63) is 92.3 Å². The molecule has 6 nitrogen and oxygen atoms in total. The van der Waals surface area contributed by atoms with Gasteiger partial charge in [0, 0.05) is 28.9 Å². The van der Waals surface area contributed by atoms with Crippen molar-refractivity contribution in [2.45, 2.75) is 0 Å². The molecule has 0 spiro atoms. The first-order valence-electron chi connectivity index (χ1n) is 8.38. The molecule has 0 radical (unpaired) electrons. The predicted molar refractivity (Wildman–Crippen MR) is 115 cm³/mol. The Morgan fingerprint density at radius 3 is 2.76 bits per heavy atom. The lowest BCUT2D eigenvalue weighted by molar-refractivity contribution is 0.102. The molecule has 9 heteroatoms. The summed E-state index contributed by atoms with van der Waals surface area (Å²) < 4.78 is 1.36. The lowest BCUT2D eigenvalue weighted by atomic mass is 10.2. The Morgan fingerprint density at radius 2 is 1.97 bits per heavy atom. The average molecular weight is 443 g/mol. The first-order chi connectivity index (χ1) is 14.0. The number of amides is 1. The fourth-order valence-electron chi connectivity index (χ4n) is 2.63. The van der Waals surface area contributed by atoms with E-state index in [1.807, 2.05) is 0 Å². The number of thiazole rings is 1. The van der Waals surface area contributed by atoms with E-state index in [0.717, 1.165) is 0 Å². The molecule has 0 saturated carbocycles. The molecule has 3 heterocycles. The molecular formula is C20H12Cl2N4O2S. The first-order valence-corrected chi connectivity index (χ1v) is 10.0. The second-order valence-electron chi connectivity index (χ2n) is 5.93. The molecule has 1 amide bonds. The van der Waals surface area contributed by atoms with E-state index in [4.69, 9.17) is 23.2 Å². The minimum absolute atomic E-state index is 0.273. The number of hydrogen-bond acceptors (Lipinski definition) is 5. The van der Waals surface area contributed by atoms with Gasteiger partial charge >= 0.3 is 0 Å². The van der Waals surface area contributed by atoms with Gasteiger partial charge in [0.1, 0.15) is 11.4 Å². The van der Waals surface area contributed by atoms with Crippen molar-refractivity contribution >= 4 is 45.6 Å². The number of hydrogen-bond donors (Lipinski definition) is 1. The summed E-state index contributed by atoms with van der Waals surface area (Å²) in [4.78, 5) is 33.5. The summed E-state index contributed by atoms with van der Waals surface area (Å²) in [7, 11) is 0. The molecule has 29 heavy (non-hydrogen) atoms. The molecular weight excluding hydrogens is 431 g/mol. The molecule has 0 fully saturated rings. The van der Waals surface area contributed by atoms with Crippen molar-refractivity contribution in [1.82, 2.24) is 14.5 Å². The Labute approximate surface area is 179 Å². The van der Waals surface area contributed by atoms with Crippen LogP contribution in [-0.2, 0) is 0 Å². The molecule has 4 rings (SSSR count). The smallest absolute Gasteiger partial charge is 0.258 e. The number of carbonyl (C=O) groups excluding carboxylic acids is 1. The van der Waals surface area contributed by atoms with E-state index >= 15 is 0 Å². The summed E-state index contributed by atoms with van der Waals surface area (Å²) in [5, 5.41) is 5.86. The largest absolute Gasteiger partial charge is 0.298 e. The second-order valence-corrected chi connectivity index (χ2v) is 7.63. The van der Waals surface area contributed by atoms with Gasteiger partial charge in [-0.1, -0.05) is 29.3 Å². The minimum Gasteiger partial charge on any atom is -0.298 e. The third kappa shape index (κ3) is 4.22. The van der Waals surface area contributed by atoms with Gasteiger partial charge in [0.2, 0.25) is 0 Å². The second kappa shape index (κ2) is 8.16. The highest BCUT2D eigenvalue weighted by atomic mass is 35.5. The van der Waals surface area contributed by atoms with Crippen molar-refractivity contribution < 1.29 is 4.79 Å². The van der Waals surface area contributed by atoms with Crippen molar-refractivity contribution in [3.8, 4) is 17.1 Å². The van der Waals surface area contributed by atoms with Gasteiger partial charge in [-0.25, -0.2) is 4.98 Å². The van der Waals surface area contributed by atoms with Crippen LogP contribution in [-0.4, -0.2) is 20.4 Å². The topological polar surface area (TPSA) is 76.9 Å². The number of pyridine rings is 2. The fourth-order valence-corrected chi connectivity index (χ4v) is 3.73.